The number of halogens is 1. The topological polar surface area (TPSA) is 35.9 Å². The van der Waals surface area contributed by atoms with Crippen LogP contribution in [0.2, 0.25) is 0 Å². The molecule has 0 amide bonds. The Balaban J connectivity index is 0.00000208. The lowest BCUT2D eigenvalue weighted by Gasteiger charge is -2.37. The van der Waals surface area contributed by atoms with E-state index in [1.54, 1.807) is 7.11 Å². The molecule has 3 rings (SSSR count). The number of aliphatic hydroxyl groups excluding tert-OH is 1. The minimum Gasteiger partial charge on any atom is -0.495 e. The maximum atomic E-state index is 10.4. The fourth-order valence-corrected chi connectivity index (χ4v) is 3.09. The van der Waals surface area contributed by atoms with Crippen LogP contribution in [-0.2, 0) is 0 Å². The van der Waals surface area contributed by atoms with Gasteiger partial charge < -0.3 is 14.7 Å². The van der Waals surface area contributed by atoms with E-state index in [4.69, 9.17) is 4.74 Å². The lowest BCUT2D eigenvalue weighted by Crippen LogP contribution is -2.47. The second-order valence-corrected chi connectivity index (χ2v) is 5.89. The van der Waals surface area contributed by atoms with Crippen LogP contribution in [0.3, 0.4) is 0 Å². The molecule has 0 aliphatic carbocycles. The zero-order chi connectivity index (χ0) is 16.1. The number of β-amino-alcohol motifs (C(OH)–C–C–N with tert-alkyl or cyclic N) is 1. The molecule has 0 spiro atoms. The number of hydrogen-bond acceptors (Lipinski definition) is 4. The zero-order valence-corrected chi connectivity index (χ0v) is 14.8. The van der Waals surface area contributed by atoms with Crippen LogP contribution in [0.1, 0.15) is 11.7 Å². The predicted octanol–water partition coefficient (Wildman–Crippen LogP) is 2.97. The highest BCUT2D eigenvalue weighted by Crippen LogP contribution is 2.28. The second-order valence-electron chi connectivity index (χ2n) is 5.89. The predicted molar refractivity (Wildman–Crippen MR) is 100 cm³/mol. The molecular weight excluding hydrogens is 324 g/mol. The van der Waals surface area contributed by atoms with Gasteiger partial charge in [-0.1, -0.05) is 42.5 Å². The lowest BCUT2D eigenvalue weighted by molar-refractivity contribution is 0.109. The first-order chi connectivity index (χ1) is 11.3. The molecule has 1 N–H and O–H groups in total. The van der Waals surface area contributed by atoms with E-state index in [9.17, 15) is 5.11 Å². The molecule has 1 unspecified atom stereocenters. The number of piperazine rings is 1. The highest BCUT2D eigenvalue weighted by Gasteiger charge is 2.21. The molecule has 1 heterocycles. The molecule has 2 aromatic rings. The number of rotatable bonds is 5. The molecule has 4 nitrogen and oxygen atoms in total. The molecule has 24 heavy (non-hydrogen) atoms. The zero-order valence-electron chi connectivity index (χ0n) is 14.0. The Labute approximate surface area is 150 Å². The average Bonchev–Trinajstić information content (AvgIpc) is 2.63. The summed E-state index contributed by atoms with van der Waals surface area (Å²) >= 11 is 0. The quantitative estimate of drug-likeness (QED) is 0.901. The largest absolute Gasteiger partial charge is 0.495 e. The Hall–Kier alpha value is -1.75. The van der Waals surface area contributed by atoms with E-state index in [1.807, 2.05) is 48.5 Å². The van der Waals surface area contributed by atoms with Gasteiger partial charge in [0.15, 0.2) is 0 Å². The Bertz CT molecular complexity index is 616. The van der Waals surface area contributed by atoms with Gasteiger partial charge in [0.25, 0.3) is 0 Å². The van der Waals surface area contributed by atoms with Crippen LogP contribution in [0.4, 0.5) is 5.69 Å². The molecule has 1 aliphatic rings. The molecule has 0 saturated carbocycles. The summed E-state index contributed by atoms with van der Waals surface area (Å²) in [6, 6.07) is 18.0. The van der Waals surface area contributed by atoms with Crippen LogP contribution in [0, 0.1) is 0 Å². The van der Waals surface area contributed by atoms with E-state index in [1.165, 1.54) is 0 Å². The molecule has 2 aromatic carbocycles. The van der Waals surface area contributed by atoms with Crippen LogP contribution in [0.25, 0.3) is 0 Å². The Kier molecular flexibility index (Phi) is 6.91. The minimum atomic E-state index is -0.422. The Morgan fingerprint density at radius 1 is 0.958 bits per heavy atom. The van der Waals surface area contributed by atoms with Crippen molar-refractivity contribution in [3.63, 3.8) is 0 Å². The first-order valence-corrected chi connectivity index (χ1v) is 8.11. The van der Waals surface area contributed by atoms with Crippen molar-refractivity contribution in [1.82, 2.24) is 4.90 Å². The van der Waals surface area contributed by atoms with Crippen molar-refractivity contribution in [2.24, 2.45) is 0 Å². The third kappa shape index (κ3) is 4.41. The summed E-state index contributed by atoms with van der Waals surface area (Å²) in [7, 11) is 1.71. The summed E-state index contributed by atoms with van der Waals surface area (Å²) in [5.74, 6) is 0.922. The van der Waals surface area contributed by atoms with Crippen LogP contribution in [0.15, 0.2) is 54.6 Å². The number of hydrogen-bond donors (Lipinski definition) is 1. The summed E-state index contributed by atoms with van der Waals surface area (Å²) in [5.41, 5.74) is 2.14. The fraction of sp³-hybridized carbons (Fsp3) is 0.368. The fourth-order valence-electron chi connectivity index (χ4n) is 3.09. The molecule has 1 fully saturated rings. The third-order valence-electron chi connectivity index (χ3n) is 4.41. The van der Waals surface area contributed by atoms with E-state index in [2.05, 4.69) is 15.9 Å². The van der Waals surface area contributed by atoms with Crippen LogP contribution >= 0.6 is 12.4 Å². The molecular formula is C19H25ClN2O2. The van der Waals surface area contributed by atoms with Crippen molar-refractivity contribution in [1.29, 1.82) is 0 Å². The number of para-hydroxylation sites is 2. The summed E-state index contributed by atoms with van der Waals surface area (Å²) in [6.45, 7) is 4.47. The van der Waals surface area contributed by atoms with Crippen LogP contribution < -0.4 is 9.64 Å². The van der Waals surface area contributed by atoms with Crippen molar-refractivity contribution < 1.29 is 9.84 Å². The first-order valence-electron chi connectivity index (χ1n) is 8.11. The van der Waals surface area contributed by atoms with E-state index in [-0.39, 0.29) is 12.4 Å². The van der Waals surface area contributed by atoms with E-state index in [0.717, 1.165) is 43.2 Å². The molecule has 1 atom stereocenters. The molecule has 1 aliphatic heterocycles. The van der Waals surface area contributed by atoms with Crippen LogP contribution in [0.5, 0.6) is 5.75 Å². The standard InChI is InChI=1S/C19H24N2O2.ClH/c1-23-19-10-6-5-9-17(19)21-13-11-20(12-14-21)15-18(22)16-7-3-2-4-8-16;/h2-10,18,22H,11-15H2,1H3;1H. The van der Waals surface area contributed by atoms with Gasteiger partial charge in [0.1, 0.15) is 5.75 Å². The Morgan fingerprint density at radius 2 is 1.58 bits per heavy atom. The highest BCUT2D eigenvalue weighted by molar-refractivity contribution is 5.85. The van der Waals surface area contributed by atoms with E-state index < -0.39 is 6.10 Å². The van der Waals surface area contributed by atoms with Crippen LogP contribution in [-0.4, -0.2) is 49.8 Å². The average molecular weight is 349 g/mol. The maximum absolute atomic E-state index is 10.4. The van der Waals surface area contributed by atoms with Gasteiger partial charge in [0.2, 0.25) is 0 Å². The number of aliphatic hydroxyl groups is 1. The molecule has 1 saturated heterocycles. The van der Waals surface area contributed by atoms with E-state index in [0.29, 0.717) is 6.54 Å². The van der Waals surface area contributed by atoms with Gasteiger partial charge in [-0.2, -0.15) is 0 Å². The van der Waals surface area contributed by atoms with Crippen molar-refractivity contribution >= 4 is 18.1 Å². The van der Waals surface area contributed by atoms with Gasteiger partial charge in [-0.15, -0.1) is 12.4 Å². The monoisotopic (exact) mass is 348 g/mol. The third-order valence-corrected chi connectivity index (χ3v) is 4.41. The van der Waals surface area contributed by atoms with Gasteiger partial charge in [-0.3, -0.25) is 4.90 Å². The molecule has 0 radical (unpaired) electrons. The van der Waals surface area contributed by atoms with E-state index >= 15 is 0 Å². The van der Waals surface area contributed by atoms with Gasteiger partial charge in [0, 0.05) is 32.7 Å². The van der Waals surface area contributed by atoms with Gasteiger partial charge >= 0.3 is 0 Å². The summed E-state index contributed by atoms with van der Waals surface area (Å²) < 4.78 is 5.45. The number of ether oxygens (including phenoxy) is 1. The van der Waals surface area contributed by atoms with Gasteiger partial charge in [0.05, 0.1) is 18.9 Å². The number of methoxy groups -OCH3 is 1. The second kappa shape index (κ2) is 8.92. The smallest absolute Gasteiger partial charge is 0.142 e. The minimum absolute atomic E-state index is 0. The SMILES string of the molecule is COc1ccccc1N1CCN(CC(O)c2ccccc2)CC1.Cl. The van der Waals surface area contributed by atoms with Crippen molar-refractivity contribution in [2.75, 3.05) is 44.7 Å². The lowest BCUT2D eigenvalue weighted by atomic mass is 10.1. The van der Waals surface area contributed by atoms with Crippen molar-refractivity contribution in [3.8, 4) is 5.75 Å². The number of benzene rings is 2. The first kappa shape index (κ1) is 18.6. The van der Waals surface area contributed by atoms with Crippen molar-refractivity contribution in [3.05, 3.63) is 60.2 Å². The molecule has 130 valence electrons. The van der Waals surface area contributed by atoms with Gasteiger partial charge in [-0.05, 0) is 17.7 Å². The molecule has 0 aromatic heterocycles. The normalized spacial score (nSPS) is 16.3. The number of anilines is 1. The van der Waals surface area contributed by atoms with Crippen molar-refractivity contribution in [2.45, 2.75) is 6.10 Å². The Morgan fingerprint density at radius 3 is 2.25 bits per heavy atom. The molecule has 0 bridgehead atoms. The summed E-state index contributed by atoms with van der Waals surface area (Å²) in [6.07, 6.45) is -0.422. The highest BCUT2D eigenvalue weighted by atomic mass is 35.5. The summed E-state index contributed by atoms with van der Waals surface area (Å²) in [5, 5.41) is 10.4. The number of nitrogens with zero attached hydrogens (tertiary/aromatic N) is 2. The summed E-state index contributed by atoms with van der Waals surface area (Å²) in [4.78, 5) is 4.67. The molecule has 5 heteroatoms. The maximum Gasteiger partial charge on any atom is 0.142 e. The van der Waals surface area contributed by atoms with Gasteiger partial charge in [-0.25, -0.2) is 0 Å².